The van der Waals surface area contributed by atoms with Crippen molar-refractivity contribution in [2.45, 2.75) is 13.1 Å². The van der Waals surface area contributed by atoms with Gasteiger partial charge in [0.15, 0.2) is 0 Å². The maximum absolute atomic E-state index is 13.3. The molecule has 2 nitrogen and oxygen atoms in total. The van der Waals surface area contributed by atoms with Gasteiger partial charge in [-0.15, -0.1) is 0 Å². The van der Waals surface area contributed by atoms with Crippen molar-refractivity contribution in [2.75, 3.05) is 19.0 Å². The van der Waals surface area contributed by atoms with Crippen LogP contribution in [0.3, 0.4) is 0 Å². The number of nitrogens with zero attached hydrogens (tertiary/aromatic N) is 1. The van der Waals surface area contributed by atoms with E-state index in [1.165, 1.54) is 11.6 Å². The summed E-state index contributed by atoms with van der Waals surface area (Å²) in [6.07, 6.45) is 0. The highest BCUT2D eigenvalue weighted by atomic mass is 32.1. The molecule has 2 rings (SSSR count). The Bertz CT molecular complexity index is 497. The third-order valence-electron chi connectivity index (χ3n) is 2.82. The Labute approximate surface area is 111 Å². The van der Waals surface area contributed by atoms with E-state index in [0.717, 1.165) is 17.8 Å². The third kappa shape index (κ3) is 3.09. The number of halogens is 1. The Morgan fingerprint density at radius 3 is 2.83 bits per heavy atom. The predicted octanol–water partition coefficient (Wildman–Crippen LogP) is 3.24. The minimum atomic E-state index is -0.187. The van der Waals surface area contributed by atoms with Gasteiger partial charge in [0.05, 0.1) is 0 Å². The van der Waals surface area contributed by atoms with Crippen molar-refractivity contribution in [2.24, 2.45) is 0 Å². The largest absolute Gasteiger partial charge is 0.370 e. The van der Waals surface area contributed by atoms with Crippen LogP contribution < -0.4 is 10.2 Å². The Morgan fingerprint density at radius 1 is 1.33 bits per heavy atom. The van der Waals surface area contributed by atoms with Gasteiger partial charge in [-0.3, -0.25) is 0 Å². The van der Waals surface area contributed by atoms with E-state index in [9.17, 15) is 4.39 Å². The van der Waals surface area contributed by atoms with Gasteiger partial charge in [0.1, 0.15) is 5.82 Å². The normalized spacial score (nSPS) is 10.6. The highest BCUT2D eigenvalue weighted by molar-refractivity contribution is 7.07. The molecule has 0 saturated carbocycles. The lowest BCUT2D eigenvalue weighted by Crippen LogP contribution is -2.19. The van der Waals surface area contributed by atoms with E-state index in [1.807, 2.05) is 20.2 Å². The number of thiophene rings is 1. The van der Waals surface area contributed by atoms with Crippen LogP contribution in [0.5, 0.6) is 0 Å². The topological polar surface area (TPSA) is 15.3 Å². The van der Waals surface area contributed by atoms with Crippen molar-refractivity contribution in [3.05, 3.63) is 52.0 Å². The number of anilines is 1. The molecule has 1 N–H and O–H groups in total. The van der Waals surface area contributed by atoms with E-state index < -0.39 is 0 Å². The van der Waals surface area contributed by atoms with Crippen LogP contribution >= 0.6 is 11.3 Å². The minimum absolute atomic E-state index is 0.187. The molecule has 2 aromatic rings. The van der Waals surface area contributed by atoms with E-state index in [-0.39, 0.29) is 5.82 Å². The maximum atomic E-state index is 13.3. The fourth-order valence-corrected chi connectivity index (χ4v) is 2.66. The van der Waals surface area contributed by atoms with Crippen LogP contribution in [0.15, 0.2) is 35.0 Å². The molecule has 0 saturated heterocycles. The van der Waals surface area contributed by atoms with Gasteiger partial charge in [0.2, 0.25) is 0 Å². The van der Waals surface area contributed by atoms with Crippen LogP contribution in [0.1, 0.15) is 11.1 Å². The number of hydrogen-bond acceptors (Lipinski definition) is 3. The quantitative estimate of drug-likeness (QED) is 0.892. The van der Waals surface area contributed by atoms with Crippen LogP contribution in [0, 0.1) is 5.82 Å². The van der Waals surface area contributed by atoms with Gasteiger partial charge in [0.25, 0.3) is 0 Å². The van der Waals surface area contributed by atoms with E-state index >= 15 is 0 Å². The molecule has 4 heteroatoms. The minimum Gasteiger partial charge on any atom is -0.370 e. The molecule has 1 aromatic carbocycles. The zero-order valence-electron chi connectivity index (χ0n) is 10.6. The zero-order chi connectivity index (χ0) is 13.0. The summed E-state index contributed by atoms with van der Waals surface area (Å²) in [6.45, 7) is 1.51. The smallest absolute Gasteiger partial charge is 0.123 e. The second-order valence-corrected chi connectivity index (χ2v) is 5.07. The molecule has 0 aliphatic carbocycles. The lowest BCUT2D eigenvalue weighted by Gasteiger charge is -2.22. The molecule has 1 heterocycles. The average Bonchev–Trinajstić information content (AvgIpc) is 2.82. The summed E-state index contributed by atoms with van der Waals surface area (Å²) in [5.74, 6) is -0.187. The Hall–Kier alpha value is -1.39. The summed E-state index contributed by atoms with van der Waals surface area (Å²) in [5.41, 5.74) is 3.33. The van der Waals surface area contributed by atoms with Crippen molar-refractivity contribution in [1.82, 2.24) is 5.32 Å². The molecule has 0 bridgehead atoms. The van der Waals surface area contributed by atoms with Crippen LogP contribution in [-0.4, -0.2) is 14.1 Å². The van der Waals surface area contributed by atoms with Crippen molar-refractivity contribution < 1.29 is 4.39 Å². The molecule has 0 radical (unpaired) electrons. The molecule has 18 heavy (non-hydrogen) atoms. The van der Waals surface area contributed by atoms with Crippen LogP contribution in [0.25, 0.3) is 0 Å². The maximum Gasteiger partial charge on any atom is 0.123 e. The standard InChI is InChI=1S/C14H17FN2S/c1-16-8-12-7-13(15)3-4-14(12)17(2)9-11-5-6-18-10-11/h3-7,10,16H,8-9H2,1-2H3. The van der Waals surface area contributed by atoms with Gasteiger partial charge in [-0.2, -0.15) is 11.3 Å². The van der Waals surface area contributed by atoms with Crippen molar-refractivity contribution >= 4 is 17.0 Å². The fraction of sp³-hybridized carbons (Fsp3) is 0.286. The molecule has 0 amide bonds. The first-order valence-corrected chi connectivity index (χ1v) is 6.80. The molecule has 0 aliphatic heterocycles. The van der Waals surface area contributed by atoms with Gasteiger partial charge in [-0.25, -0.2) is 4.39 Å². The first-order valence-electron chi connectivity index (χ1n) is 5.86. The Kier molecular flexibility index (Phi) is 4.33. The van der Waals surface area contributed by atoms with Crippen molar-refractivity contribution in [3.63, 3.8) is 0 Å². The summed E-state index contributed by atoms with van der Waals surface area (Å²) in [6, 6.07) is 7.06. The summed E-state index contributed by atoms with van der Waals surface area (Å²) in [4.78, 5) is 2.15. The zero-order valence-corrected chi connectivity index (χ0v) is 11.4. The molecule has 96 valence electrons. The Balaban J connectivity index is 2.20. The lowest BCUT2D eigenvalue weighted by molar-refractivity contribution is 0.623. The second kappa shape index (κ2) is 5.98. The number of rotatable bonds is 5. The van der Waals surface area contributed by atoms with Crippen LogP contribution in [0.4, 0.5) is 10.1 Å². The van der Waals surface area contributed by atoms with Crippen molar-refractivity contribution in [3.8, 4) is 0 Å². The highest BCUT2D eigenvalue weighted by Gasteiger charge is 2.09. The first kappa shape index (κ1) is 13.1. The van der Waals surface area contributed by atoms with E-state index in [4.69, 9.17) is 0 Å². The van der Waals surface area contributed by atoms with E-state index in [1.54, 1.807) is 17.4 Å². The third-order valence-corrected chi connectivity index (χ3v) is 3.55. The van der Waals surface area contributed by atoms with Gasteiger partial charge >= 0.3 is 0 Å². The molecule has 0 atom stereocenters. The van der Waals surface area contributed by atoms with Gasteiger partial charge in [-0.05, 0) is 53.2 Å². The summed E-state index contributed by atoms with van der Waals surface area (Å²) in [7, 11) is 3.90. The lowest BCUT2D eigenvalue weighted by atomic mass is 10.1. The summed E-state index contributed by atoms with van der Waals surface area (Å²) in [5, 5.41) is 7.28. The van der Waals surface area contributed by atoms with Crippen molar-refractivity contribution in [1.29, 1.82) is 0 Å². The second-order valence-electron chi connectivity index (χ2n) is 4.29. The average molecular weight is 264 g/mol. The Morgan fingerprint density at radius 2 is 2.17 bits per heavy atom. The van der Waals surface area contributed by atoms with Crippen LogP contribution in [0.2, 0.25) is 0 Å². The fourth-order valence-electron chi connectivity index (χ4n) is 2.00. The van der Waals surface area contributed by atoms with E-state index in [2.05, 4.69) is 27.0 Å². The predicted molar refractivity (Wildman–Crippen MR) is 75.6 cm³/mol. The van der Waals surface area contributed by atoms with E-state index in [0.29, 0.717) is 6.54 Å². The molecular formula is C14H17FN2S. The molecule has 0 spiro atoms. The molecular weight excluding hydrogens is 247 g/mol. The number of nitrogens with one attached hydrogen (secondary N) is 1. The highest BCUT2D eigenvalue weighted by Crippen LogP contribution is 2.22. The van der Waals surface area contributed by atoms with Gasteiger partial charge < -0.3 is 10.2 Å². The number of benzene rings is 1. The molecule has 1 aromatic heterocycles. The SMILES string of the molecule is CNCc1cc(F)ccc1N(C)Cc1ccsc1. The number of hydrogen-bond donors (Lipinski definition) is 1. The van der Waals surface area contributed by atoms with Crippen LogP contribution in [-0.2, 0) is 13.1 Å². The monoisotopic (exact) mass is 264 g/mol. The molecule has 0 unspecified atom stereocenters. The summed E-state index contributed by atoms with van der Waals surface area (Å²) >= 11 is 1.69. The van der Waals surface area contributed by atoms with Gasteiger partial charge in [-0.1, -0.05) is 0 Å². The molecule has 0 aliphatic rings. The molecule has 0 fully saturated rings. The first-order chi connectivity index (χ1) is 8.70. The van der Waals surface area contributed by atoms with Gasteiger partial charge in [0, 0.05) is 25.8 Å². The summed E-state index contributed by atoms with van der Waals surface area (Å²) < 4.78 is 13.3.